The molecule has 1 aliphatic heterocycles. The lowest BCUT2D eigenvalue weighted by molar-refractivity contribution is -0.158. The van der Waals surface area contributed by atoms with Gasteiger partial charge in [0.2, 0.25) is 6.29 Å². The second-order valence-corrected chi connectivity index (χ2v) is 6.72. The number of aliphatic hydroxyl groups is 1. The Bertz CT molecular complexity index is 617. The van der Waals surface area contributed by atoms with Crippen molar-refractivity contribution in [2.24, 2.45) is 0 Å². The second kappa shape index (κ2) is 11.8. The third kappa shape index (κ3) is 6.60. The van der Waals surface area contributed by atoms with E-state index in [2.05, 4.69) is 0 Å². The lowest BCUT2D eigenvalue weighted by Crippen LogP contribution is -2.39. The van der Waals surface area contributed by atoms with Crippen molar-refractivity contribution in [1.29, 1.82) is 0 Å². The van der Waals surface area contributed by atoms with Crippen molar-refractivity contribution in [1.82, 2.24) is 4.90 Å². The molecule has 156 valence electrons. The van der Waals surface area contributed by atoms with Crippen LogP contribution in [0.5, 0.6) is 0 Å². The number of amides is 1. The molecular weight excluding hydrogens is 362 g/mol. The maximum absolute atomic E-state index is 12.9. The van der Waals surface area contributed by atoms with Crippen LogP contribution in [-0.2, 0) is 23.7 Å². The van der Waals surface area contributed by atoms with Gasteiger partial charge in [0.15, 0.2) is 12.0 Å². The van der Waals surface area contributed by atoms with Crippen LogP contribution in [0.4, 0.5) is 0 Å². The Labute approximate surface area is 166 Å². The number of rotatable bonds is 11. The van der Waals surface area contributed by atoms with Crippen molar-refractivity contribution in [3.63, 3.8) is 0 Å². The van der Waals surface area contributed by atoms with Gasteiger partial charge in [0, 0.05) is 40.2 Å². The van der Waals surface area contributed by atoms with Crippen molar-refractivity contribution in [2.45, 2.75) is 37.8 Å². The number of carbonyl (C=O) groups is 1. The molecule has 1 N–H and O–H groups in total. The monoisotopic (exact) mass is 393 g/mol. The molecule has 0 spiro atoms. The van der Waals surface area contributed by atoms with E-state index in [0.717, 1.165) is 12.0 Å². The third-order valence-electron chi connectivity index (χ3n) is 4.65. The Balaban J connectivity index is 2.11. The summed E-state index contributed by atoms with van der Waals surface area (Å²) >= 11 is 0. The number of aliphatic hydroxyl groups excluding tert-OH is 1. The van der Waals surface area contributed by atoms with E-state index in [1.807, 2.05) is 36.4 Å². The van der Waals surface area contributed by atoms with Crippen LogP contribution < -0.4 is 0 Å². The number of methoxy groups -OCH3 is 2. The molecule has 0 saturated heterocycles. The zero-order valence-corrected chi connectivity index (χ0v) is 16.9. The Hall–Kier alpha value is -1.93. The normalized spacial score (nSPS) is 19.2. The molecule has 1 aliphatic rings. The van der Waals surface area contributed by atoms with E-state index in [1.54, 1.807) is 7.05 Å². The quantitative estimate of drug-likeness (QED) is 0.459. The number of hydrogen-bond acceptors (Lipinski definition) is 6. The summed E-state index contributed by atoms with van der Waals surface area (Å²) in [5.74, 6) is 0.0372. The number of unbranched alkanes of at least 4 members (excludes halogenated alkanes) is 1. The van der Waals surface area contributed by atoms with Crippen molar-refractivity contribution < 1.29 is 28.8 Å². The van der Waals surface area contributed by atoms with E-state index >= 15 is 0 Å². The highest BCUT2D eigenvalue weighted by Gasteiger charge is 2.30. The van der Waals surface area contributed by atoms with Gasteiger partial charge in [-0.15, -0.1) is 0 Å². The Morgan fingerprint density at radius 3 is 2.61 bits per heavy atom. The van der Waals surface area contributed by atoms with Gasteiger partial charge >= 0.3 is 0 Å². The highest BCUT2D eigenvalue weighted by Crippen LogP contribution is 2.32. The SMILES string of the molecule is COC(CN(C)C(=O)C1=C[C@@H](c2ccccc2)C[C@@H](OCCCCO)O1)OC. The second-order valence-electron chi connectivity index (χ2n) is 6.72. The highest BCUT2D eigenvalue weighted by molar-refractivity contribution is 5.91. The number of hydrogen-bond donors (Lipinski definition) is 1. The lowest BCUT2D eigenvalue weighted by Gasteiger charge is -2.31. The fourth-order valence-electron chi connectivity index (χ4n) is 3.01. The summed E-state index contributed by atoms with van der Waals surface area (Å²) in [4.78, 5) is 14.4. The first-order valence-corrected chi connectivity index (χ1v) is 9.56. The molecule has 7 nitrogen and oxygen atoms in total. The van der Waals surface area contributed by atoms with Crippen LogP contribution in [0.25, 0.3) is 0 Å². The van der Waals surface area contributed by atoms with Gasteiger partial charge in [-0.25, -0.2) is 0 Å². The Kier molecular flexibility index (Phi) is 9.43. The molecule has 1 amide bonds. The van der Waals surface area contributed by atoms with E-state index in [0.29, 0.717) is 19.4 Å². The first-order chi connectivity index (χ1) is 13.6. The molecule has 1 aromatic rings. The molecule has 28 heavy (non-hydrogen) atoms. The summed E-state index contributed by atoms with van der Waals surface area (Å²) in [5, 5.41) is 8.92. The first kappa shape index (κ1) is 22.4. The number of allylic oxidation sites excluding steroid dienone is 1. The molecule has 1 aromatic carbocycles. The molecule has 0 bridgehead atoms. The van der Waals surface area contributed by atoms with Crippen LogP contribution in [0.1, 0.15) is 30.7 Å². The predicted octanol–water partition coefficient (Wildman–Crippen LogP) is 2.27. The van der Waals surface area contributed by atoms with Crippen LogP contribution in [0.15, 0.2) is 42.2 Å². The lowest BCUT2D eigenvalue weighted by atomic mass is 9.93. The minimum absolute atomic E-state index is 0.0192. The van der Waals surface area contributed by atoms with E-state index in [1.165, 1.54) is 19.1 Å². The highest BCUT2D eigenvalue weighted by atomic mass is 16.7. The summed E-state index contributed by atoms with van der Waals surface area (Å²) in [5.41, 5.74) is 1.11. The molecule has 0 aromatic heterocycles. The average molecular weight is 393 g/mol. The summed E-state index contributed by atoms with van der Waals surface area (Å²) < 4.78 is 22.0. The van der Waals surface area contributed by atoms with E-state index in [-0.39, 0.29) is 30.7 Å². The number of ether oxygens (including phenoxy) is 4. The largest absolute Gasteiger partial charge is 0.459 e. The molecule has 1 heterocycles. The summed E-state index contributed by atoms with van der Waals surface area (Å²) in [6.07, 6.45) is 2.88. The molecular formula is C21H31NO6. The maximum Gasteiger partial charge on any atom is 0.288 e. The van der Waals surface area contributed by atoms with Crippen LogP contribution in [-0.4, -0.2) is 69.5 Å². The van der Waals surface area contributed by atoms with Gasteiger partial charge in [0.25, 0.3) is 5.91 Å². The van der Waals surface area contributed by atoms with Crippen molar-refractivity contribution in [2.75, 3.05) is 41.0 Å². The molecule has 0 aliphatic carbocycles. The van der Waals surface area contributed by atoms with E-state index in [4.69, 9.17) is 24.1 Å². The molecule has 0 fully saturated rings. The Morgan fingerprint density at radius 1 is 1.25 bits per heavy atom. The zero-order chi connectivity index (χ0) is 20.4. The zero-order valence-electron chi connectivity index (χ0n) is 16.9. The summed E-state index contributed by atoms with van der Waals surface area (Å²) in [6.45, 7) is 0.889. The van der Waals surface area contributed by atoms with E-state index < -0.39 is 12.6 Å². The van der Waals surface area contributed by atoms with Gasteiger partial charge in [-0.05, 0) is 24.5 Å². The third-order valence-corrected chi connectivity index (χ3v) is 4.65. The maximum atomic E-state index is 12.9. The molecule has 7 heteroatoms. The number of nitrogens with zero attached hydrogens (tertiary/aromatic N) is 1. The van der Waals surface area contributed by atoms with E-state index in [9.17, 15) is 4.79 Å². The standard InChI is InChI=1S/C21H31NO6/c1-22(15-20(25-2)26-3)21(24)18-13-17(16-9-5-4-6-10-16)14-19(28-18)27-12-8-7-11-23/h4-6,9-10,13,17,19-20,23H,7-8,11-12,14-15H2,1-3H3/t17-,19+/m1/s1. The minimum atomic E-state index is -0.512. The topological polar surface area (TPSA) is 77.5 Å². The van der Waals surface area contributed by atoms with Crippen LogP contribution in [0, 0.1) is 0 Å². The fourth-order valence-corrected chi connectivity index (χ4v) is 3.01. The molecule has 0 radical (unpaired) electrons. The van der Waals surface area contributed by atoms with Crippen LogP contribution >= 0.6 is 0 Å². The van der Waals surface area contributed by atoms with Crippen LogP contribution in [0.3, 0.4) is 0 Å². The van der Waals surface area contributed by atoms with Crippen molar-refractivity contribution in [3.05, 3.63) is 47.7 Å². The number of likely N-dealkylation sites (N-methyl/N-ethyl adjacent to an activating group) is 1. The fraction of sp³-hybridized carbons (Fsp3) is 0.571. The summed E-state index contributed by atoms with van der Waals surface area (Å²) in [7, 11) is 4.75. The average Bonchev–Trinajstić information content (AvgIpc) is 2.74. The number of carbonyl (C=O) groups excluding carboxylic acids is 1. The smallest absolute Gasteiger partial charge is 0.288 e. The summed E-state index contributed by atoms with van der Waals surface area (Å²) in [6, 6.07) is 9.99. The first-order valence-electron chi connectivity index (χ1n) is 9.56. The van der Waals surface area contributed by atoms with Gasteiger partial charge in [-0.3, -0.25) is 4.79 Å². The van der Waals surface area contributed by atoms with Gasteiger partial charge < -0.3 is 29.0 Å². The molecule has 2 rings (SSSR count). The van der Waals surface area contributed by atoms with Crippen molar-refractivity contribution in [3.8, 4) is 0 Å². The Morgan fingerprint density at radius 2 is 1.96 bits per heavy atom. The predicted molar refractivity (Wildman–Crippen MR) is 104 cm³/mol. The van der Waals surface area contributed by atoms with Gasteiger partial charge in [0.05, 0.1) is 13.2 Å². The van der Waals surface area contributed by atoms with Gasteiger partial charge in [-0.2, -0.15) is 0 Å². The molecule has 0 unspecified atom stereocenters. The number of benzene rings is 1. The van der Waals surface area contributed by atoms with Gasteiger partial charge in [-0.1, -0.05) is 30.3 Å². The minimum Gasteiger partial charge on any atom is -0.459 e. The van der Waals surface area contributed by atoms with Gasteiger partial charge in [0.1, 0.15) is 0 Å². The van der Waals surface area contributed by atoms with Crippen molar-refractivity contribution >= 4 is 5.91 Å². The molecule has 2 atom stereocenters. The molecule has 0 saturated carbocycles. The van der Waals surface area contributed by atoms with Crippen LogP contribution in [0.2, 0.25) is 0 Å².